The number of hydrogen-bond donors (Lipinski definition) is 2. The molecule has 0 fully saturated rings. The highest BCUT2D eigenvalue weighted by atomic mass is 79.9. The van der Waals surface area contributed by atoms with Gasteiger partial charge in [0, 0.05) is 22.5 Å². The molecule has 0 aliphatic rings. The molecule has 1 rings (SSSR count). The molecule has 19 heavy (non-hydrogen) atoms. The molecule has 0 spiro atoms. The third-order valence-corrected chi connectivity index (χ3v) is 4.47. The molecule has 0 aliphatic carbocycles. The molecule has 0 bridgehead atoms. The number of aliphatic hydroxyl groups is 1. The smallest absolute Gasteiger partial charge is 0.233 e. The largest absolute Gasteiger partial charge is 0.396 e. The molecule has 106 valence electrons. The summed E-state index contributed by atoms with van der Waals surface area (Å²) in [6, 6.07) is 7.03. The lowest BCUT2D eigenvalue weighted by Gasteiger charge is -2.17. The van der Waals surface area contributed by atoms with Crippen LogP contribution in [0.15, 0.2) is 34.1 Å². The topological polar surface area (TPSA) is 66.4 Å². The van der Waals surface area contributed by atoms with Crippen molar-refractivity contribution in [1.82, 2.24) is 4.72 Å². The molecule has 0 saturated carbocycles. The predicted molar refractivity (Wildman–Crippen MR) is 80.9 cm³/mol. The van der Waals surface area contributed by atoms with Crippen molar-refractivity contribution < 1.29 is 13.5 Å². The third kappa shape index (κ3) is 5.86. The van der Waals surface area contributed by atoms with Gasteiger partial charge in [0.05, 0.1) is 0 Å². The van der Waals surface area contributed by atoms with E-state index in [4.69, 9.17) is 5.11 Å². The van der Waals surface area contributed by atoms with E-state index < -0.39 is 10.0 Å². The Hall–Kier alpha value is -0.690. The zero-order chi connectivity index (χ0) is 14.5. The Bertz CT molecular complexity index is 543. The Balaban J connectivity index is 2.74. The van der Waals surface area contributed by atoms with Crippen LogP contribution in [0.3, 0.4) is 0 Å². The van der Waals surface area contributed by atoms with Crippen LogP contribution in [0.5, 0.6) is 0 Å². The van der Waals surface area contributed by atoms with Crippen molar-refractivity contribution in [3.8, 4) is 0 Å². The van der Waals surface area contributed by atoms with Crippen LogP contribution in [0.2, 0.25) is 0 Å². The molecule has 0 amide bonds. The monoisotopic (exact) mass is 347 g/mol. The Morgan fingerprint density at radius 3 is 2.68 bits per heavy atom. The Morgan fingerprint density at radius 2 is 2.11 bits per heavy atom. The number of nitrogens with one attached hydrogen (secondary N) is 1. The first-order valence-corrected chi connectivity index (χ1v) is 8.25. The average molecular weight is 348 g/mol. The summed E-state index contributed by atoms with van der Waals surface area (Å²) in [5.41, 5.74) is 0.794. The van der Waals surface area contributed by atoms with Crippen molar-refractivity contribution in [1.29, 1.82) is 0 Å². The summed E-state index contributed by atoms with van der Waals surface area (Å²) in [5.74, 6) is -0.131. The van der Waals surface area contributed by atoms with E-state index in [2.05, 4.69) is 20.7 Å². The standard InChI is InChI=1S/C13H18BrNO3S/c1-10(9-16)11(2)15-19(17,18)7-6-12-4-3-5-13(14)8-12/h3-8,10-11,15-16H,9H2,1-2H3/b7-6+. The fraction of sp³-hybridized carbons (Fsp3) is 0.385. The molecule has 0 radical (unpaired) electrons. The second kappa shape index (κ2) is 7.19. The normalized spacial score (nSPS) is 15.6. The molecule has 1 aromatic rings. The van der Waals surface area contributed by atoms with Crippen molar-refractivity contribution in [2.45, 2.75) is 19.9 Å². The van der Waals surface area contributed by atoms with Gasteiger partial charge in [-0.1, -0.05) is 35.0 Å². The van der Waals surface area contributed by atoms with E-state index in [0.717, 1.165) is 15.4 Å². The maximum atomic E-state index is 11.8. The highest BCUT2D eigenvalue weighted by molar-refractivity contribution is 9.10. The van der Waals surface area contributed by atoms with Gasteiger partial charge in [0.1, 0.15) is 0 Å². The van der Waals surface area contributed by atoms with Crippen molar-refractivity contribution in [2.75, 3.05) is 6.61 Å². The van der Waals surface area contributed by atoms with Gasteiger partial charge in [0.2, 0.25) is 10.0 Å². The number of hydrogen-bond acceptors (Lipinski definition) is 3. The van der Waals surface area contributed by atoms with E-state index in [1.807, 2.05) is 24.3 Å². The predicted octanol–water partition coefficient (Wildman–Crippen LogP) is 2.36. The number of halogens is 1. The van der Waals surface area contributed by atoms with E-state index in [0.29, 0.717) is 0 Å². The van der Waals surface area contributed by atoms with Gasteiger partial charge in [-0.25, -0.2) is 13.1 Å². The highest BCUT2D eigenvalue weighted by Crippen LogP contribution is 2.13. The van der Waals surface area contributed by atoms with Crippen molar-refractivity contribution in [3.05, 3.63) is 39.7 Å². The van der Waals surface area contributed by atoms with Gasteiger partial charge in [-0.05, 0) is 36.6 Å². The molecule has 0 saturated heterocycles. The Kier molecular flexibility index (Phi) is 6.19. The van der Waals surface area contributed by atoms with Gasteiger partial charge in [0.15, 0.2) is 0 Å². The number of sulfonamides is 1. The van der Waals surface area contributed by atoms with Crippen LogP contribution in [-0.4, -0.2) is 26.2 Å². The van der Waals surface area contributed by atoms with E-state index in [1.54, 1.807) is 13.8 Å². The first-order valence-electron chi connectivity index (χ1n) is 5.91. The van der Waals surface area contributed by atoms with E-state index in [1.165, 1.54) is 6.08 Å². The van der Waals surface area contributed by atoms with Gasteiger partial charge in [0.25, 0.3) is 0 Å². The van der Waals surface area contributed by atoms with Crippen molar-refractivity contribution in [3.63, 3.8) is 0 Å². The van der Waals surface area contributed by atoms with Crippen LogP contribution in [-0.2, 0) is 10.0 Å². The summed E-state index contributed by atoms with van der Waals surface area (Å²) in [5, 5.41) is 10.1. The number of benzene rings is 1. The van der Waals surface area contributed by atoms with E-state index >= 15 is 0 Å². The fourth-order valence-corrected chi connectivity index (χ4v) is 2.93. The maximum absolute atomic E-state index is 11.8. The van der Waals surface area contributed by atoms with Crippen molar-refractivity contribution in [2.24, 2.45) is 5.92 Å². The van der Waals surface area contributed by atoms with E-state index in [9.17, 15) is 8.42 Å². The molecule has 2 unspecified atom stereocenters. The van der Waals surface area contributed by atoms with Gasteiger partial charge in [-0.3, -0.25) is 0 Å². The third-order valence-electron chi connectivity index (χ3n) is 2.78. The van der Waals surface area contributed by atoms with Crippen LogP contribution in [0.1, 0.15) is 19.4 Å². The number of aliphatic hydroxyl groups excluding tert-OH is 1. The summed E-state index contributed by atoms with van der Waals surface area (Å²) in [6.07, 6.45) is 1.53. The van der Waals surface area contributed by atoms with Crippen LogP contribution in [0.25, 0.3) is 6.08 Å². The number of rotatable bonds is 6. The maximum Gasteiger partial charge on any atom is 0.233 e. The fourth-order valence-electron chi connectivity index (χ4n) is 1.35. The Morgan fingerprint density at radius 1 is 1.42 bits per heavy atom. The van der Waals surface area contributed by atoms with Gasteiger partial charge < -0.3 is 5.11 Å². The summed E-state index contributed by atoms with van der Waals surface area (Å²) in [7, 11) is -3.50. The lowest BCUT2D eigenvalue weighted by molar-refractivity contribution is 0.216. The Labute approximate surface area is 122 Å². The summed E-state index contributed by atoms with van der Waals surface area (Å²) >= 11 is 3.32. The minimum absolute atomic E-state index is 0.0565. The molecule has 0 aliphatic heterocycles. The molecular weight excluding hydrogens is 330 g/mol. The summed E-state index contributed by atoms with van der Waals surface area (Å²) in [6.45, 7) is 3.45. The summed E-state index contributed by atoms with van der Waals surface area (Å²) < 4.78 is 27.1. The molecule has 0 heterocycles. The molecule has 4 nitrogen and oxygen atoms in total. The minimum Gasteiger partial charge on any atom is -0.396 e. The van der Waals surface area contributed by atoms with Gasteiger partial charge >= 0.3 is 0 Å². The minimum atomic E-state index is -3.50. The zero-order valence-electron chi connectivity index (χ0n) is 10.9. The zero-order valence-corrected chi connectivity index (χ0v) is 13.3. The van der Waals surface area contributed by atoms with Crippen LogP contribution in [0, 0.1) is 5.92 Å². The molecule has 2 N–H and O–H groups in total. The SMILES string of the molecule is CC(CO)C(C)NS(=O)(=O)/C=C/c1cccc(Br)c1. The lowest BCUT2D eigenvalue weighted by Crippen LogP contribution is -2.37. The van der Waals surface area contributed by atoms with Gasteiger partial charge in [-0.2, -0.15) is 0 Å². The van der Waals surface area contributed by atoms with Gasteiger partial charge in [-0.15, -0.1) is 0 Å². The molecule has 6 heteroatoms. The average Bonchev–Trinajstić information content (AvgIpc) is 2.35. The molecule has 1 aromatic carbocycles. The molecule has 0 aromatic heterocycles. The second-order valence-electron chi connectivity index (χ2n) is 4.47. The second-order valence-corrected chi connectivity index (χ2v) is 6.98. The van der Waals surface area contributed by atoms with Crippen molar-refractivity contribution >= 4 is 32.0 Å². The van der Waals surface area contributed by atoms with Crippen LogP contribution < -0.4 is 4.72 Å². The first kappa shape index (κ1) is 16.4. The molecule has 2 atom stereocenters. The van der Waals surface area contributed by atoms with Crippen LogP contribution in [0.4, 0.5) is 0 Å². The highest BCUT2D eigenvalue weighted by Gasteiger charge is 2.16. The van der Waals surface area contributed by atoms with Crippen LogP contribution >= 0.6 is 15.9 Å². The first-order chi connectivity index (χ1) is 8.84. The van der Waals surface area contributed by atoms with E-state index in [-0.39, 0.29) is 18.6 Å². The lowest BCUT2D eigenvalue weighted by atomic mass is 10.1. The quantitative estimate of drug-likeness (QED) is 0.829. The summed E-state index contributed by atoms with van der Waals surface area (Å²) in [4.78, 5) is 0. The molecular formula is C13H18BrNO3S.